The van der Waals surface area contributed by atoms with E-state index in [0.717, 1.165) is 5.69 Å². The number of aromatic nitrogens is 2. The summed E-state index contributed by atoms with van der Waals surface area (Å²) >= 11 is 0. The summed E-state index contributed by atoms with van der Waals surface area (Å²) in [6.07, 6.45) is 2.48. The van der Waals surface area contributed by atoms with Gasteiger partial charge in [0, 0.05) is 30.1 Å². The molecule has 0 bridgehead atoms. The molecule has 0 fully saturated rings. The first-order valence-electron chi connectivity index (χ1n) is 5.48. The Hall–Kier alpha value is -2.17. The molecular formula is C13H13F2N3. The largest absolute Gasteiger partial charge is 0.388 e. The average Bonchev–Trinajstić information content (AvgIpc) is 2.88. The Morgan fingerprint density at radius 2 is 2.11 bits per heavy atom. The molecule has 0 aliphatic rings. The van der Waals surface area contributed by atoms with Crippen LogP contribution >= 0.6 is 0 Å². The Labute approximate surface area is 104 Å². The number of hydrogen-bond acceptors (Lipinski definition) is 2. The molecule has 5 heteroatoms. The topological polar surface area (TPSA) is 40.7 Å². The highest BCUT2D eigenvalue weighted by Crippen LogP contribution is 2.29. The van der Waals surface area contributed by atoms with Gasteiger partial charge in [0.05, 0.1) is 5.69 Å². The first-order valence-corrected chi connectivity index (χ1v) is 5.48. The summed E-state index contributed by atoms with van der Waals surface area (Å²) in [5.74, 6) is 0. The van der Waals surface area contributed by atoms with Crippen molar-refractivity contribution in [1.82, 2.24) is 10.2 Å². The third-order valence-corrected chi connectivity index (χ3v) is 2.60. The molecule has 2 rings (SSSR count). The predicted octanol–water partition coefficient (Wildman–Crippen LogP) is 3.56. The number of hydrogen-bond donors (Lipinski definition) is 2. The summed E-state index contributed by atoms with van der Waals surface area (Å²) in [6, 6.07) is 6.57. The van der Waals surface area contributed by atoms with Crippen molar-refractivity contribution in [3.8, 4) is 0 Å². The van der Waals surface area contributed by atoms with Crippen molar-refractivity contribution >= 4 is 17.8 Å². The van der Waals surface area contributed by atoms with E-state index in [2.05, 4.69) is 15.5 Å². The third-order valence-electron chi connectivity index (χ3n) is 2.60. The molecule has 0 aliphatic heterocycles. The van der Waals surface area contributed by atoms with Gasteiger partial charge in [-0.3, -0.25) is 5.10 Å². The number of nitrogens with one attached hydrogen (secondary N) is 2. The fourth-order valence-corrected chi connectivity index (χ4v) is 1.71. The summed E-state index contributed by atoms with van der Waals surface area (Å²) in [5, 5.41) is 9.45. The van der Waals surface area contributed by atoms with Crippen molar-refractivity contribution < 1.29 is 8.78 Å². The fraction of sp³-hybridized carbons (Fsp3) is 0.154. The Morgan fingerprint density at radius 3 is 2.72 bits per heavy atom. The maximum absolute atomic E-state index is 12.9. The Morgan fingerprint density at radius 1 is 1.28 bits per heavy atom. The number of rotatable bonds is 4. The van der Waals surface area contributed by atoms with Crippen LogP contribution in [0.3, 0.4) is 0 Å². The van der Waals surface area contributed by atoms with E-state index in [-0.39, 0.29) is 5.56 Å². The lowest BCUT2D eigenvalue weighted by molar-refractivity contribution is 0.151. The molecule has 2 N–H and O–H groups in total. The van der Waals surface area contributed by atoms with E-state index >= 15 is 0 Å². The Kier molecular flexibility index (Phi) is 3.72. The van der Waals surface area contributed by atoms with E-state index < -0.39 is 6.43 Å². The van der Waals surface area contributed by atoms with Gasteiger partial charge >= 0.3 is 0 Å². The Balaban J connectivity index is 2.41. The van der Waals surface area contributed by atoms with Crippen molar-refractivity contribution in [2.45, 2.75) is 6.43 Å². The van der Waals surface area contributed by atoms with Gasteiger partial charge in [-0.1, -0.05) is 18.2 Å². The monoisotopic (exact) mass is 249 g/mol. The SMILES string of the molecule is CNc1cccc(C(F)F)c1/C=C/c1ccn[nH]1. The Bertz CT molecular complexity index is 533. The minimum atomic E-state index is -2.50. The van der Waals surface area contributed by atoms with Crippen molar-refractivity contribution in [3.63, 3.8) is 0 Å². The van der Waals surface area contributed by atoms with Gasteiger partial charge < -0.3 is 5.32 Å². The number of anilines is 1. The smallest absolute Gasteiger partial charge is 0.264 e. The van der Waals surface area contributed by atoms with Gasteiger partial charge in [0.2, 0.25) is 0 Å². The second-order valence-electron chi connectivity index (χ2n) is 3.70. The first-order chi connectivity index (χ1) is 8.72. The molecule has 0 amide bonds. The number of aromatic amines is 1. The number of halogens is 2. The van der Waals surface area contributed by atoms with Crippen LogP contribution in [-0.2, 0) is 0 Å². The quantitative estimate of drug-likeness (QED) is 0.869. The zero-order valence-corrected chi connectivity index (χ0v) is 9.82. The van der Waals surface area contributed by atoms with E-state index in [4.69, 9.17) is 0 Å². The molecule has 94 valence electrons. The molecule has 0 saturated carbocycles. The molecule has 3 nitrogen and oxygen atoms in total. The molecule has 0 saturated heterocycles. The fourth-order valence-electron chi connectivity index (χ4n) is 1.71. The lowest BCUT2D eigenvalue weighted by atomic mass is 10.0. The maximum Gasteiger partial charge on any atom is 0.264 e. The van der Waals surface area contributed by atoms with Crippen LogP contribution in [0.1, 0.15) is 23.2 Å². The van der Waals surface area contributed by atoms with Gasteiger partial charge in [-0.05, 0) is 18.2 Å². The summed E-state index contributed by atoms with van der Waals surface area (Å²) in [5.41, 5.74) is 1.94. The minimum Gasteiger partial charge on any atom is -0.388 e. The zero-order chi connectivity index (χ0) is 13.0. The van der Waals surface area contributed by atoms with Gasteiger partial charge in [0.1, 0.15) is 0 Å². The van der Waals surface area contributed by atoms with Crippen LogP contribution in [0.25, 0.3) is 12.2 Å². The molecule has 0 spiro atoms. The maximum atomic E-state index is 12.9. The molecule has 1 aromatic carbocycles. The van der Waals surface area contributed by atoms with Crippen LogP contribution in [-0.4, -0.2) is 17.2 Å². The molecule has 0 atom stereocenters. The highest BCUT2D eigenvalue weighted by atomic mass is 19.3. The standard InChI is InChI=1S/C13H13F2N3/c1-16-12-4-2-3-11(13(14)15)10(12)6-5-9-7-8-17-18-9/h2-8,13,16H,1H3,(H,17,18)/b6-5+. The molecule has 1 aromatic heterocycles. The van der Waals surface area contributed by atoms with Gasteiger partial charge in [-0.2, -0.15) is 5.10 Å². The number of benzene rings is 1. The summed E-state index contributed by atoms with van der Waals surface area (Å²) in [6.45, 7) is 0. The van der Waals surface area contributed by atoms with Crippen molar-refractivity contribution in [2.75, 3.05) is 12.4 Å². The highest BCUT2D eigenvalue weighted by Gasteiger charge is 2.13. The molecule has 1 heterocycles. The second kappa shape index (κ2) is 5.44. The van der Waals surface area contributed by atoms with Gasteiger partial charge in [-0.25, -0.2) is 8.78 Å². The van der Waals surface area contributed by atoms with Crippen LogP contribution < -0.4 is 5.32 Å². The molecular weight excluding hydrogens is 236 g/mol. The molecule has 18 heavy (non-hydrogen) atoms. The van der Waals surface area contributed by atoms with Gasteiger partial charge in [-0.15, -0.1) is 0 Å². The zero-order valence-electron chi connectivity index (χ0n) is 9.82. The number of nitrogens with zero attached hydrogens (tertiary/aromatic N) is 1. The van der Waals surface area contributed by atoms with Crippen LogP contribution in [0.2, 0.25) is 0 Å². The third kappa shape index (κ3) is 2.56. The number of H-pyrrole nitrogens is 1. The molecule has 0 unspecified atom stereocenters. The highest BCUT2D eigenvalue weighted by molar-refractivity contribution is 5.77. The van der Waals surface area contributed by atoms with E-state index in [1.165, 1.54) is 6.07 Å². The second-order valence-corrected chi connectivity index (χ2v) is 3.70. The van der Waals surface area contributed by atoms with Crippen LogP contribution in [0.4, 0.5) is 14.5 Å². The van der Waals surface area contributed by atoms with Crippen LogP contribution in [0.15, 0.2) is 30.5 Å². The lowest BCUT2D eigenvalue weighted by Gasteiger charge is -2.10. The van der Waals surface area contributed by atoms with Gasteiger partial charge in [0.25, 0.3) is 6.43 Å². The van der Waals surface area contributed by atoms with E-state index in [1.54, 1.807) is 43.6 Å². The number of alkyl halides is 2. The summed E-state index contributed by atoms with van der Waals surface area (Å²) < 4.78 is 25.9. The van der Waals surface area contributed by atoms with E-state index in [0.29, 0.717) is 11.3 Å². The van der Waals surface area contributed by atoms with Crippen molar-refractivity contribution in [1.29, 1.82) is 0 Å². The van der Waals surface area contributed by atoms with Crippen LogP contribution in [0.5, 0.6) is 0 Å². The molecule has 0 aliphatic carbocycles. The normalized spacial score (nSPS) is 11.3. The average molecular weight is 249 g/mol. The molecule has 0 radical (unpaired) electrons. The first kappa shape index (κ1) is 12.3. The van der Waals surface area contributed by atoms with Gasteiger partial charge in [0.15, 0.2) is 0 Å². The minimum absolute atomic E-state index is 0.0117. The summed E-state index contributed by atoms with van der Waals surface area (Å²) in [4.78, 5) is 0. The van der Waals surface area contributed by atoms with Crippen molar-refractivity contribution in [3.05, 3.63) is 47.3 Å². The van der Waals surface area contributed by atoms with E-state index in [1.807, 2.05) is 0 Å². The lowest BCUT2D eigenvalue weighted by Crippen LogP contribution is -1.96. The van der Waals surface area contributed by atoms with Crippen LogP contribution in [0, 0.1) is 0 Å². The molecule has 2 aromatic rings. The van der Waals surface area contributed by atoms with E-state index in [9.17, 15) is 8.78 Å². The predicted molar refractivity (Wildman–Crippen MR) is 68.5 cm³/mol. The summed E-state index contributed by atoms with van der Waals surface area (Å²) in [7, 11) is 1.71. The van der Waals surface area contributed by atoms with Crippen molar-refractivity contribution in [2.24, 2.45) is 0 Å².